The molecule has 1 aliphatic heterocycles. The van der Waals surface area contributed by atoms with Gasteiger partial charge in [-0.3, -0.25) is 28.6 Å². The van der Waals surface area contributed by atoms with Crippen molar-refractivity contribution in [3.63, 3.8) is 0 Å². The summed E-state index contributed by atoms with van der Waals surface area (Å²) in [7, 11) is -10.7. The molecule has 6 rings (SSSR count). The SMILES string of the molecule is Nc1nc2c(ncn2[C@@H]2O[C@H](COP(=O)(O)OP(=O)(O)Oc3cn(CCCCC(=O)NC(Cc4ccccc4)c4ccccc4)nn3)[C@@H](O)[C@H]2O)c(=O)[nH]1. The molecule has 1 amide bonds. The number of nitrogens with two attached hydrogens (primary N) is 1. The number of hydrogen-bond acceptors (Lipinski definition) is 15. The number of ether oxygens (including phenoxy) is 1. The zero-order chi connectivity index (χ0) is 38.5. The molecule has 5 aromatic rings. The number of aliphatic hydroxyl groups excluding tert-OH is 2. The number of nitrogen functional groups attached to an aromatic ring is 1. The molecule has 1 saturated heterocycles. The molecule has 0 spiro atoms. The van der Waals surface area contributed by atoms with Crippen LogP contribution >= 0.6 is 15.6 Å². The number of amides is 1. The van der Waals surface area contributed by atoms with E-state index >= 15 is 0 Å². The number of aliphatic hydroxyl groups is 2. The summed E-state index contributed by atoms with van der Waals surface area (Å²) in [5.74, 6) is -0.886. The van der Waals surface area contributed by atoms with Crippen molar-refractivity contribution < 1.29 is 52.0 Å². The predicted octanol–water partition coefficient (Wildman–Crippen LogP) is 1.50. The van der Waals surface area contributed by atoms with Crippen LogP contribution in [-0.2, 0) is 40.5 Å². The number of carbonyl (C=O) groups excluding carboxylic acids is 1. The van der Waals surface area contributed by atoms with Crippen molar-refractivity contribution in [1.82, 2.24) is 39.8 Å². The Morgan fingerprint density at radius 1 is 1.04 bits per heavy atom. The number of benzene rings is 2. The summed E-state index contributed by atoms with van der Waals surface area (Å²) in [6, 6.07) is 19.3. The number of rotatable bonds is 17. The summed E-state index contributed by atoms with van der Waals surface area (Å²) < 4.78 is 47.0. The van der Waals surface area contributed by atoms with E-state index in [9.17, 15) is 38.7 Å². The molecule has 4 heterocycles. The Kier molecular flexibility index (Phi) is 12.0. The second-order valence-electron chi connectivity index (χ2n) is 12.2. The van der Waals surface area contributed by atoms with Crippen LogP contribution in [0.4, 0.5) is 5.95 Å². The first-order chi connectivity index (χ1) is 25.8. The Balaban J connectivity index is 0.949. The zero-order valence-corrected chi connectivity index (χ0v) is 30.1. The van der Waals surface area contributed by atoms with E-state index in [1.54, 1.807) is 0 Å². The highest BCUT2D eigenvalue weighted by Crippen LogP contribution is 2.60. The summed E-state index contributed by atoms with van der Waals surface area (Å²) in [6.45, 7) is -0.640. The standard InChI is InChI=1S/C31H37N9O12P2/c32-31-35-28-25(29(44)36-31)33-18-40(28)30-27(43)26(42)22(50-30)17-49-53(45,46)52-54(47,48)51-24-16-39(38-37-24)14-8-7-13-23(41)34-21(20-11-5-2-6-12-20)15-19-9-3-1-4-10-19/h1-6,9-12,16,18,21-22,26-27,30,42-43H,7-8,13-15,17H2,(H,34,41)(H,45,46)(H,47,48)(H3,32,35,36,44)/t21?,22-,26-,27-,30-/m1/s1. The molecule has 1 fully saturated rings. The maximum absolute atomic E-state index is 12.8. The van der Waals surface area contributed by atoms with Crippen molar-refractivity contribution in [3.05, 3.63) is 94.7 Å². The monoisotopic (exact) mass is 789 g/mol. The summed E-state index contributed by atoms with van der Waals surface area (Å²) in [5.41, 5.74) is 6.79. The number of anilines is 1. The molecule has 3 unspecified atom stereocenters. The van der Waals surface area contributed by atoms with Crippen molar-refractivity contribution in [2.75, 3.05) is 12.3 Å². The van der Waals surface area contributed by atoms with Gasteiger partial charge in [0.1, 0.15) is 18.3 Å². The minimum absolute atomic E-state index is 0.0738. The number of nitrogens with zero attached hydrogens (tertiary/aromatic N) is 6. The van der Waals surface area contributed by atoms with Gasteiger partial charge in [0.05, 0.1) is 25.2 Å². The number of phosphoric ester groups is 2. The molecule has 21 nitrogen and oxygen atoms in total. The molecule has 0 aliphatic carbocycles. The van der Waals surface area contributed by atoms with Crippen LogP contribution in [0.5, 0.6) is 5.88 Å². The Morgan fingerprint density at radius 2 is 1.76 bits per heavy atom. The van der Waals surface area contributed by atoms with E-state index in [1.807, 2.05) is 60.7 Å². The average Bonchev–Trinajstić information content (AvgIpc) is 3.83. The highest BCUT2D eigenvalue weighted by atomic mass is 31.3. The van der Waals surface area contributed by atoms with Gasteiger partial charge < -0.3 is 35.4 Å². The number of carbonyl (C=O) groups is 1. The molecule has 1 aliphatic rings. The molecule has 0 radical (unpaired) electrons. The quantitative estimate of drug-likeness (QED) is 0.0518. The summed E-state index contributed by atoms with van der Waals surface area (Å²) >= 11 is 0. The van der Waals surface area contributed by atoms with Crippen molar-refractivity contribution in [3.8, 4) is 5.88 Å². The lowest BCUT2D eigenvalue weighted by atomic mass is 9.98. The Labute approximate surface area is 305 Å². The Hall–Kier alpha value is -4.82. The number of nitrogens with one attached hydrogen (secondary N) is 2. The molecular formula is C31H37N9O12P2. The lowest BCUT2D eigenvalue weighted by Crippen LogP contribution is -2.33. The van der Waals surface area contributed by atoms with Crippen LogP contribution in [-0.4, -0.2) is 85.3 Å². The second-order valence-corrected chi connectivity index (χ2v) is 15.2. The zero-order valence-electron chi connectivity index (χ0n) is 28.3. The lowest BCUT2D eigenvalue weighted by molar-refractivity contribution is -0.122. The van der Waals surface area contributed by atoms with Gasteiger partial charge in [-0.25, -0.2) is 18.8 Å². The molecule has 2 aromatic carbocycles. The molecule has 3 aromatic heterocycles. The first kappa shape index (κ1) is 38.9. The predicted molar refractivity (Wildman–Crippen MR) is 187 cm³/mol. The largest absolute Gasteiger partial charge is 0.537 e. The van der Waals surface area contributed by atoms with Gasteiger partial charge in [0.15, 0.2) is 17.4 Å². The van der Waals surface area contributed by atoms with E-state index in [-0.39, 0.29) is 42.0 Å². The number of fused-ring (bicyclic) bond motifs is 1. The van der Waals surface area contributed by atoms with E-state index in [0.29, 0.717) is 19.3 Å². The third kappa shape index (κ3) is 9.83. The molecule has 7 atom stereocenters. The molecule has 288 valence electrons. The topological polar surface area (TPSA) is 301 Å². The fourth-order valence-corrected chi connectivity index (χ4v) is 7.75. The Morgan fingerprint density at radius 3 is 2.50 bits per heavy atom. The smallest absolute Gasteiger partial charge is 0.387 e. The normalized spacial score (nSPS) is 21.3. The number of unbranched alkanes of at least 4 members (excludes halogenated alkanes) is 1. The number of hydrogen-bond donors (Lipinski definition) is 7. The van der Waals surface area contributed by atoms with Crippen LogP contribution in [0.1, 0.15) is 42.7 Å². The van der Waals surface area contributed by atoms with E-state index in [0.717, 1.165) is 28.2 Å². The van der Waals surface area contributed by atoms with Crippen LogP contribution < -0.4 is 21.1 Å². The van der Waals surface area contributed by atoms with Crippen LogP contribution in [0.3, 0.4) is 0 Å². The fraction of sp³-hybridized carbons (Fsp3) is 0.355. The molecule has 0 saturated carbocycles. The van der Waals surface area contributed by atoms with E-state index in [4.69, 9.17) is 19.5 Å². The highest BCUT2D eigenvalue weighted by Gasteiger charge is 2.46. The molecule has 8 N–H and O–H groups in total. The molecule has 23 heteroatoms. The van der Waals surface area contributed by atoms with Crippen LogP contribution in [0.15, 0.2) is 78.0 Å². The first-order valence-electron chi connectivity index (χ1n) is 16.5. The number of aromatic amines is 1. The summed E-state index contributed by atoms with van der Waals surface area (Å²) in [5, 5.41) is 31.6. The number of phosphoric acid groups is 2. The van der Waals surface area contributed by atoms with Gasteiger partial charge in [-0.05, 0) is 30.4 Å². The summed E-state index contributed by atoms with van der Waals surface area (Å²) in [6.07, 6.45) is -2.08. The van der Waals surface area contributed by atoms with Gasteiger partial charge in [0.2, 0.25) is 11.9 Å². The maximum atomic E-state index is 12.8. The second kappa shape index (κ2) is 16.7. The molecule has 0 bridgehead atoms. The van der Waals surface area contributed by atoms with Crippen LogP contribution in [0.2, 0.25) is 0 Å². The lowest BCUT2D eigenvalue weighted by Gasteiger charge is -2.19. The molecular weight excluding hydrogens is 752 g/mol. The third-order valence-corrected chi connectivity index (χ3v) is 10.8. The van der Waals surface area contributed by atoms with Gasteiger partial charge in [0.25, 0.3) is 11.4 Å². The number of imidazole rings is 1. The molecule has 54 heavy (non-hydrogen) atoms. The van der Waals surface area contributed by atoms with E-state index in [2.05, 4.69) is 34.9 Å². The Bertz CT molecular complexity index is 2200. The van der Waals surface area contributed by atoms with Crippen LogP contribution in [0, 0.1) is 0 Å². The van der Waals surface area contributed by atoms with E-state index in [1.165, 1.54) is 4.68 Å². The van der Waals surface area contributed by atoms with Crippen molar-refractivity contribution in [2.45, 2.75) is 62.8 Å². The van der Waals surface area contributed by atoms with Gasteiger partial charge in [-0.2, -0.15) is 9.29 Å². The van der Waals surface area contributed by atoms with Crippen molar-refractivity contribution in [2.24, 2.45) is 0 Å². The maximum Gasteiger partial charge on any atom is 0.537 e. The van der Waals surface area contributed by atoms with E-state index < -0.39 is 58.2 Å². The highest BCUT2D eigenvalue weighted by molar-refractivity contribution is 7.61. The fourth-order valence-electron chi connectivity index (χ4n) is 5.73. The van der Waals surface area contributed by atoms with Gasteiger partial charge in [0, 0.05) is 13.0 Å². The summed E-state index contributed by atoms with van der Waals surface area (Å²) in [4.78, 5) is 55.3. The first-order valence-corrected chi connectivity index (χ1v) is 19.5. The number of aromatic nitrogens is 7. The van der Waals surface area contributed by atoms with Crippen molar-refractivity contribution in [1.29, 1.82) is 0 Å². The number of aryl methyl sites for hydroxylation is 1. The third-order valence-electron chi connectivity index (χ3n) is 8.26. The van der Waals surface area contributed by atoms with Crippen LogP contribution in [0.25, 0.3) is 11.2 Å². The van der Waals surface area contributed by atoms with Gasteiger partial charge in [-0.1, -0.05) is 71.0 Å². The van der Waals surface area contributed by atoms with Gasteiger partial charge in [-0.15, -0.1) is 0 Å². The minimum atomic E-state index is -5.35. The van der Waals surface area contributed by atoms with Gasteiger partial charge >= 0.3 is 15.6 Å². The number of H-pyrrole nitrogens is 1. The minimum Gasteiger partial charge on any atom is -0.387 e. The average molecular weight is 790 g/mol. The van der Waals surface area contributed by atoms with Crippen molar-refractivity contribution >= 4 is 38.7 Å².